The van der Waals surface area contributed by atoms with Gasteiger partial charge in [-0.05, 0) is 47.4 Å². The first-order valence-electron chi connectivity index (χ1n) is 12.0. The molecule has 2 atom stereocenters. The zero-order chi connectivity index (χ0) is 24.5. The predicted molar refractivity (Wildman–Crippen MR) is 138 cm³/mol. The van der Waals surface area contributed by atoms with Crippen LogP contribution in [0.25, 0.3) is 10.9 Å². The quantitative estimate of drug-likeness (QED) is 0.351. The molecule has 178 valence electrons. The smallest absolute Gasteiger partial charge is 0.255 e. The van der Waals surface area contributed by atoms with Crippen molar-refractivity contribution in [1.82, 2.24) is 15.1 Å². The van der Waals surface area contributed by atoms with Crippen LogP contribution >= 0.6 is 0 Å². The van der Waals surface area contributed by atoms with Gasteiger partial charge in [-0.3, -0.25) is 9.48 Å². The molecule has 0 aliphatic heterocycles. The Morgan fingerprint density at radius 1 is 0.917 bits per heavy atom. The number of hydrogen-bond acceptors (Lipinski definition) is 4. The van der Waals surface area contributed by atoms with Crippen LogP contribution in [0.15, 0.2) is 103 Å². The van der Waals surface area contributed by atoms with Crippen LogP contribution in [0.3, 0.4) is 0 Å². The van der Waals surface area contributed by atoms with Crippen LogP contribution in [0.1, 0.15) is 33.2 Å². The van der Waals surface area contributed by atoms with E-state index in [2.05, 4.69) is 17.4 Å². The molecule has 36 heavy (non-hydrogen) atoms. The number of amides is 1. The van der Waals surface area contributed by atoms with Crippen LogP contribution in [0, 0.1) is 0 Å². The van der Waals surface area contributed by atoms with Gasteiger partial charge < -0.3 is 15.2 Å². The van der Waals surface area contributed by atoms with Gasteiger partial charge in [0.15, 0.2) is 0 Å². The van der Waals surface area contributed by atoms with E-state index in [9.17, 15) is 9.90 Å². The molecule has 4 aromatic carbocycles. The number of aromatic nitrogens is 2. The molecule has 0 spiro atoms. The fraction of sp³-hybridized carbons (Fsp3) is 0.133. The highest BCUT2D eigenvalue weighted by atomic mass is 16.5. The zero-order valence-corrected chi connectivity index (χ0v) is 19.5. The van der Waals surface area contributed by atoms with E-state index in [0.29, 0.717) is 30.2 Å². The third kappa shape index (κ3) is 4.12. The number of aliphatic hydroxyl groups excluding tert-OH is 1. The Balaban J connectivity index is 1.27. The maximum absolute atomic E-state index is 13.3. The second-order valence-electron chi connectivity index (χ2n) is 8.99. The zero-order valence-electron chi connectivity index (χ0n) is 19.5. The van der Waals surface area contributed by atoms with Gasteiger partial charge in [0.2, 0.25) is 5.88 Å². The topological polar surface area (TPSA) is 76.4 Å². The standard InChI is InChI=1S/C30H25N3O3/c34-28-22-13-5-4-12-21(22)18-25(28)31-29(35)24-15-7-9-17-27(24)36-30-23-14-6-8-16-26(23)33(32-30)19-20-10-2-1-3-11-20/h1-17,25,28,34H,18-19H2,(H,31,35)/t25-,28-/m0/s1. The summed E-state index contributed by atoms with van der Waals surface area (Å²) in [4.78, 5) is 13.3. The van der Waals surface area contributed by atoms with Gasteiger partial charge in [-0.25, -0.2) is 0 Å². The summed E-state index contributed by atoms with van der Waals surface area (Å²) in [5, 5.41) is 19.3. The minimum Gasteiger partial charge on any atom is -0.436 e. The molecular formula is C30H25N3O3. The highest BCUT2D eigenvalue weighted by Gasteiger charge is 2.32. The number of fused-ring (bicyclic) bond motifs is 2. The molecule has 0 unspecified atom stereocenters. The molecule has 6 rings (SSSR count). The SMILES string of the molecule is O=C(N[C@H]1Cc2ccccc2[C@@H]1O)c1ccccc1Oc1nn(Cc2ccccc2)c2ccccc12. The fourth-order valence-corrected chi connectivity index (χ4v) is 4.85. The highest BCUT2D eigenvalue weighted by molar-refractivity contribution is 5.97. The van der Waals surface area contributed by atoms with Crippen molar-refractivity contribution in [3.8, 4) is 11.6 Å². The van der Waals surface area contributed by atoms with Gasteiger partial charge in [-0.2, -0.15) is 0 Å². The Morgan fingerprint density at radius 3 is 2.50 bits per heavy atom. The molecule has 1 aliphatic carbocycles. The molecule has 1 aliphatic rings. The number of carbonyl (C=O) groups is 1. The van der Waals surface area contributed by atoms with Gasteiger partial charge in [0.05, 0.1) is 35.2 Å². The summed E-state index contributed by atoms with van der Waals surface area (Å²) in [6.07, 6.45) is -0.156. The van der Waals surface area contributed by atoms with Crippen molar-refractivity contribution in [1.29, 1.82) is 0 Å². The average Bonchev–Trinajstić information content (AvgIpc) is 3.42. The second kappa shape index (κ2) is 9.32. The highest BCUT2D eigenvalue weighted by Crippen LogP contribution is 2.33. The van der Waals surface area contributed by atoms with E-state index in [1.165, 1.54) is 0 Å². The lowest BCUT2D eigenvalue weighted by atomic mass is 10.1. The van der Waals surface area contributed by atoms with Crippen molar-refractivity contribution in [2.45, 2.75) is 25.1 Å². The largest absolute Gasteiger partial charge is 0.436 e. The molecule has 0 bridgehead atoms. The number of nitrogens with zero attached hydrogens (tertiary/aromatic N) is 2. The number of para-hydroxylation sites is 2. The normalized spacial score (nSPS) is 16.6. The van der Waals surface area contributed by atoms with E-state index in [1.807, 2.05) is 77.5 Å². The lowest BCUT2D eigenvalue weighted by molar-refractivity contribution is 0.0856. The van der Waals surface area contributed by atoms with Crippen LogP contribution < -0.4 is 10.1 Å². The van der Waals surface area contributed by atoms with E-state index in [4.69, 9.17) is 9.84 Å². The number of aliphatic hydroxyl groups is 1. The van der Waals surface area contributed by atoms with Crippen molar-refractivity contribution in [2.75, 3.05) is 0 Å². The first kappa shape index (κ1) is 22.1. The molecule has 0 fully saturated rings. The molecule has 1 aromatic heterocycles. The van der Waals surface area contributed by atoms with Gasteiger partial charge in [-0.15, -0.1) is 5.10 Å². The number of ether oxygens (including phenoxy) is 1. The van der Waals surface area contributed by atoms with E-state index >= 15 is 0 Å². The molecule has 6 heteroatoms. The Labute approximate surface area is 208 Å². The van der Waals surface area contributed by atoms with E-state index in [1.54, 1.807) is 18.2 Å². The Morgan fingerprint density at radius 2 is 1.64 bits per heavy atom. The van der Waals surface area contributed by atoms with Crippen molar-refractivity contribution in [3.63, 3.8) is 0 Å². The number of nitrogens with one attached hydrogen (secondary N) is 1. The van der Waals surface area contributed by atoms with Crippen molar-refractivity contribution < 1.29 is 14.6 Å². The number of rotatable bonds is 6. The third-order valence-electron chi connectivity index (χ3n) is 6.65. The van der Waals surface area contributed by atoms with Crippen LogP contribution in [0.2, 0.25) is 0 Å². The minimum absolute atomic E-state index is 0.296. The predicted octanol–water partition coefficient (Wildman–Crippen LogP) is 5.27. The van der Waals surface area contributed by atoms with Gasteiger partial charge in [0.1, 0.15) is 5.75 Å². The van der Waals surface area contributed by atoms with Crippen LogP contribution in [-0.2, 0) is 13.0 Å². The summed E-state index contributed by atoms with van der Waals surface area (Å²) in [6.45, 7) is 0.604. The number of carbonyl (C=O) groups excluding carboxylic acids is 1. The molecule has 0 saturated heterocycles. The van der Waals surface area contributed by atoms with E-state index in [0.717, 1.165) is 27.6 Å². The fourth-order valence-electron chi connectivity index (χ4n) is 4.85. The average molecular weight is 476 g/mol. The number of hydrogen-bond donors (Lipinski definition) is 2. The van der Waals surface area contributed by atoms with Gasteiger partial charge in [0.25, 0.3) is 5.91 Å². The first-order valence-corrected chi connectivity index (χ1v) is 12.0. The van der Waals surface area contributed by atoms with Crippen molar-refractivity contribution in [2.24, 2.45) is 0 Å². The van der Waals surface area contributed by atoms with Crippen molar-refractivity contribution >= 4 is 16.8 Å². The maximum Gasteiger partial charge on any atom is 0.255 e. The molecule has 2 N–H and O–H groups in total. The van der Waals surface area contributed by atoms with Crippen LogP contribution in [-0.4, -0.2) is 26.8 Å². The molecule has 5 aromatic rings. The first-order chi connectivity index (χ1) is 17.7. The van der Waals surface area contributed by atoms with Gasteiger partial charge in [0, 0.05) is 0 Å². The summed E-state index contributed by atoms with van der Waals surface area (Å²) in [5.74, 6) is 0.556. The lowest BCUT2D eigenvalue weighted by Gasteiger charge is -2.18. The summed E-state index contributed by atoms with van der Waals surface area (Å²) in [6, 6.07) is 32.5. The molecular weight excluding hydrogens is 450 g/mol. The molecule has 1 amide bonds. The van der Waals surface area contributed by atoms with Gasteiger partial charge >= 0.3 is 0 Å². The summed E-state index contributed by atoms with van der Waals surface area (Å²) in [5.41, 5.74) is 4.39. The molecule has 1 heterocycles. The summed E-state index contributed by atoms with van der Waals surface area (Å²) < 4.78 is 8.17. The maximum atomic E-state index is 13.3. The summed E-state index contributed by atoms with van der Waals surface area (Å²) in [7, 11) is 0. The number of benzene rings is 4. The Hall–Kier alpha value is -4.42. The molecule has 6 nitrogen and oxygen atoms in total. The Bertz CT molecular complexity index is 1540. The molecule has 0 radical (unpaired) electrons. The third-order valence-corrected chi connectivity index (χ3v) is 6.65. The monoisotopic (exact) mass is 475 g/mol. The minimum atomic E-state index is -0.740. The lowest BCUT2D eigenvalue weighted by Crippen LogP contribution is -2.37. The van der Waals surface area contributed by atoms with Gasteiger partial charge in [-0.1, -0.05) is 78.9 Å². The van der Waals surface area contributed by atoms with Crippen molar-refractivity contribution in [3.05, 3.63) is 125 Å². The second-order valence-corrected chi connectivity index (χ2v) is 8.99. The Kier molecular flexibility index (Phi) is 5.71. The van der Waals surface area contributed by atoms with E-state index in [-0.39, 0.29) is 5.91 Å². The molecule has 0 saturated carbocycles. The van der Waals surface area contributed by atoms with Crippen LogP contribution in [0.4, 0.5) is 0 Å². The van der Waals surface area contributed by atoms with E-state index < -0.39 is 12.1 Å². The van der Waals surface area contributed by atoms with Crippen LogP contribution in [0.5, 0.6) is 11.6 Å². The summed E-state index contributed by atoms with van der Waals surface area (Å²) >= 11 is 0.